The molecule has 1 aliphatic heterocycles. The standard InChI is InChI=1S/C12H17NO3/c1-14-11-3-9(4-12(5-11)15-2)6-13-10-7-16-8-10/h3-5,10,13H,6-8H2,1-2H3. The molecule has 2 rings (SSSR count). The summed E-state index contributed by atoms with van der Waals surface area (Å²) in [6, 6.07) is 6.37. The van der Waals surface area contributed by atoms with Crippen LogP contribution >= 0.6 is 0 Å². The van der Waals surface area contributed by atoms with Crippen molar-refractivity contribution < 1.29 is 14.2 Å². The molecule has 0 amide bonds. The fourth-order valence-electron chi connectivity index (χ4n) is 1.58. The van der Waals surface area contributed by atoms with Crippen LogP contribution in [0.25, 0.3) is 0 Å². The van der Waals surface area contributed by atoms with Crippen LogP contribution in [-0.2, 0) is 11.3 Å². The minimum atomic E-state index is 0.484. The summed E-state index contributed by atoms with van der Waals surface area (Å²) in [6.45, 7) is 2.42. The highest BCUT2D eigenvalue weighted by Gasteiger charge is 2.17. The van der Waals surface area contributed by atoms with Crippen LogP contribution in [0.2, 0.25) is 0 Å². The molecule has 0 aromatic heterocycles. The zero-order valence-electron chi connectivity index (χ0n) is 9.66. The zero-order valence-corrected chi connectivity index (χ0v) is 9.66. The first-order valence-corrected chi connectivity index (χ1v) is 5.35. The highest BCUT2D eigenvalue weighted by molar-refractivity contribution is 5.38. The molecule has 1 heterocycles. The molecule has 0 aliphatic carbocycles. The van der Waals surface area contributed by atoms with Crippen molar-refractivity contribution in [1.29, 1.82) is 0 Å². The lowest BCUT2D eigenvalue weighted by Gasteiger charge is -2.27. The van der Waals surface area contributed by atoms with Crippen LogP contribution in [-0.4, -0.2) is 33.5 Å². The molecule has 1 aromatic rings. The predicted octanol–water partition coefficient (Wildman–Crippen LogP) is 1.19. The van der Waals surface area contributed by atoms with E-state index in [1.807, 2.05) is 18.2 Å². The summed E-state index contributed by atoms with van der Waals surface area (Å²) in [4.78, 5) is 0. The van der Waals surface area contributed by atoms with E-state index in [0.29, 0.717) is 6.04 Å². The molecule has 1 fully saturated rings. The van der Waals surface area contributed by atoms with E-state index in [1.165, 1.54) is 0 Å². The lowest BCUT2D eigenvalue weighted by molar-refractivity contribution is -0.00579. The van der Waals surface area contributed by atoms with Crippen LogP contribution in [0.4, 0.5) is 0 Å². The van der Waals surface area contributed by atoms with Crippen molar-refractivity contribution in [2.45, 2.75) is 12.6 Å². The first-order valence-electron chi connectivity index (χ1n) is 5.35. The Labute approximate surface area is 95.5 Å². The average Bonchev–Trinajstić information content (AvgIpc) is 2.26. The van der Waals surface area contributed by atoms with E-state index >= 15 is 0 Å². The van der Waals surface area contributed by atoms with Gasteiger partial charge in [0.1, 0.15) is 11.5 Å². The topological polar surface area (TPSA) is 39.7 Å². The number of hydrogen-bond acceptors (Lipinski definition) is 4. The minimum Gasteiger partial charge on any atom is -0.497 e. The maximum absolute atomic E-state index is 5.21. The number of ether oxygens (including phenoxy) is 3. The molecule has 0 atom stereocenters. The second-order valence-electron chi connectivity index (χ2n) is 3.84. The molecule has 1 saturated heterocycles. The molecule has 1 N–H and O–H groups in total. The first-order chi connectivity index (χ1) is 7.81. The fraction of sp³-hybridized carbons (Fsp3) is 0.500. The SMILES string of the molecule is COc1cc(CNC2COC2)cc(OC)c1. The van der Waals surface area contributed by atoms with E-state index in [0.717, 1.165) is 36.8 Å². The van der Waals surface area contributed by atoms with Crippen molar-refractivity contribution in [3.8, 4) is 11.5 Å². The van der Waals surface area contributed by atoms with Crippen LogP contribution in [0.5, 0.6) is 11.5 Å². The summed E-state index contributed by atoms with van der Waals surface area (Å²) in [5.41, 5.74) is 1.16. The number of benzene rings is 1. The smallest absolute Gasteiger partial charge is 0.122 e. The van der Waals surface area contributed by atoms with Crippen molar-refractivity contribution in [3.63, 3.8) is 0 Å². The fourth-order valence-corrected chi connectivity index (χ4v) is 1.58. The van der Waals surface area contributed by atoms with Gasteiger partial charge in [-0.1, -0.05) is 0 Å². The van der Waals surface area contributed by atoms with Gasteiger partial charge < -0.3 is 19.5 Å². The first kappa shape index (κ1) is 11.2. The lowest BCUT2D eigenvalue weighted by Crippen LogP contribution is -2.45. The van der Waals surface area contributed by atoms with E-state index in [1.54, 1.807) is 14.2 Å². The molecule has 0 bridgehead atoms. The summed E-state index contributed by atoms with van der Waals surface area (Å²) < 4.78 is 15.5. The predicted molar refractivity (Wildman–Crippen MR) is 61.0 cm³/mol. The number of methoxy groups -OCH3 is 2. The Morgan fingerprint density at radius 1 is 1.19 bits per heavy atom. The summed E-state index contributed by atoms with van der Waals surface area (Å²) in [5, 5.41) is 3.40. The number of nitrogens with one attached hydrogen (secondary N) is 1. The zero-order chi connectivity index (χ0) is 11.4. The Morgan fingerprint density at radius 2 is 1.81 bits per heavy atom. The van der Waals surface area contributed by atoms with Crippen molar-refractivity contribution in [3.05, 3.63) is 23.8 Å². The lowest BCUT2D eigenvalue weighted by atomic mass is 10.1. The van der Waals surface area contributed by atoms with E-state index in [2.05, 4.69) is 5.32 Å². The Hall–Kier alpha value is -1.26. The van der Waals surface area contributed by atoms with Gasteiger partial charge >= 0.3 is 0 Å². The van der Waals surface area contributed by atoms with Gasteiger partial charge in [0.15, 0.2) is 0 Å². The van der Waals surface area contributed by atoms with Gasteiger partial charge in [0.25, 0.3) is 0 Å². The van der Waals surface area contributed by atoms with Gasteiger partial charge in [0.2, 0.25) is 0 Å². The molecule has 4 heteroatoms. The van der Waals surface area contributed by atoms with Crippen LogP contribution in [0.15, 0.2) is 18.2 Å². The van der Waals surface area contributed by atoms with E-state index in [4.69, 9.17) is 14.2 Å². The van der Waals surface area contributed by atoms with Crippen molar-refractivity contribution in [1.82, 2.24) is 5.32 Å². The summed E-state index contributed by atoms with van der Waals surface area (Å²) >= 11 is 0. The van der Waals surface area contributed by atoms with Gasteiger partial charge in [0.05, 0.1) is 33.5 Å². The normalized spacial score (nSPS) is 15.6. The van der Waals surface area contributed by atoms with Gasteiger partial charge in [-0.05, 0) is 17.7 Å². The molecule has 1 aliphatic rings. The average molecular weight is 223 g/mol. The maximum Gasteiger partial charge on any atom is 0.122 e. The Kier molecular flexibility index (Phi) is 3.64. The third-order valence-electron chi connectivity index (χ3n) is 2.64. The summed E-state index contributed by atoms with van der Waals surface area (Å²) in [7, 11) is 3.32. The second-order valence-corrected chi connectivity index (χ2v) is 3.84. The van der Waals surface area contributed by atoms with Crippen molar-refractivity contribution in [2.24, 2.45) is 0 Å². The van der Waals surface area contributed by atoms with Gasteiger partial charge in [-0.25, -0.2) is 0 Å². The minimum absolute atomic E-state index is 0.484. The van der Waals surface area contributed by atoms with E-state index < -0.39 is 0 Å². The molecule has 0 radical (unpaired) electrons. The molecule has 0 unspecified atom stereocenters. The van der Waals surface area contributed by atoms with Gasteiger partial charge in [-0.15, -0.1) is 0 Å². The molecular formula is C12H17NO3. The number of rotatable bonds is 5. The van der Waals surface area contributed by atoms with E-state index in [9.17, 15) is 0 Å². The molecular weight excluding hydrogens is 206 g/mol. The quantitative estimate of drug-likeness (QED) is 0.814. The molecule has 1 aromatic carbocycles. The van der Waals surface area contributed by atoms with Crippen molar-refractivity contribution >= 4 is 0 Å². The van der Waals surface area contributed by atoms with Crippen molar-refractivity contribution in [2.75, 3.05) is 27.4 Å². The Morgan fingerprint density at radius 3 is 2.25 bits per heavy atom. The van der Waals surface area contributed by atoms with Gasteiger partial charge in [-0.2, -0.15) is 0 Å². The third-order valence-corrected chi connectivity index (χ3v) is 2.64. The van der Waals surface area contributed by atoms with Crippen LogP contribution in [0.3, 0.4) is 0 Å². The van der Waals surface area contributed by atoms with Crippen LogP contribution < -0.4 is 14.8 Å². The summed E-state index contributed by atoms with van der Waals surface area (Å²) in [5.74, 6) is 1.64. The number of hydrogen-bond donors (Lipinski definition) is 1. The molecule has 0 spiro atoms. The molecule has 0 saturated carbocycles. The second kappa shape index (κ2) is 5.18. The largest absolute Gasteiger partial charge is 0.497 e. The van der Waals surface area contributed by atoms with Crippen LogP contribution in [0.1, 0.15) is 5.56 Å². The van der Waals surface area contributed by atoms with E-state index in [-0.39, 0.29) is 0 Å². The Bertz CT molecular complexity index is 328. The van der Waals surface area contributed by atoms with Crippen LogP contribution in [0, 0.1) is 0 Å². The van der Waals surface area contributed by atoms with Gasteiger partial charge in [0, 0.05) is 12.6 Å². The third kappa shape index (κ3) is 2.65. The van der Waals surface area contributed by atoms with Gasteiger partial charge in [-0.3, -0.25) is 0 Å². The molecule has 4 nitrogen and oxygen atoms in total. The highest BCUT2D eigenvalue weighted by Crippen LogP contribution is 2.22. The monoisotopic (exact) mass is 223 g/mol. The molecule has 16 heavy (non-hydrogen) atoms. The molecule has 88 valence electrons. The maximum atomic E-state index is 5.21. The Balaban J connectivity index is 2.00. The summed E-state index contributed by atoms with van der Waals surface area (Å²) in [6.07, 6.45) is 0. The highest BCUT2D eigenvalue weighted by atomic mass is 16.5.